The maximum absolute atomic E-state index is 14.7. The van der Waals surface area contributed by atoms with Crippen LogP contribution >= 0.6 is 0 Å². The first-order valence-corrected chi connectivity index (χ1v) is 14.2. The molecule has 11 heteroatoms. The second kappa shape index (κ2) is 10.9. The maximum Gasteiger partial charge on any atom is 0.227 e. The van der Waals surface area contributed by atoms with Crippen molar-refractivity contribution >= 4 is 39.2 Å². The second-order valence-electron chi connectivity index (χ2n) is 11.2. The average molecular weight is 576 g/mol. The highest BCUT2D eigenvalue weighted by Crippen LogP contribution is 2.35. The predicted molar refractivity (Wildman–Crippen MR) is 166 cm³/mol. The van der Waals surface area contributed by atoms with Crippen molar-refractivity contribution in [3.8, 4) is 33.8 Å². The third kappa shape index (κ3) is 5.54. The number of carbonyl (C=O) groups excluding carboxylic acids is 1. The van der Waals surface area contributed by atoms with E-state index >= 15 is 0 Å². The van der Waals surface area contributed by atoms with Crippen molar-refractivity contribution in [1.29, 1.82) is 0 Å². The number of hydrogen-bond acceptors (Lipinski definition) is 7. The number of fused-ring (bicyclic) bond motifs is 2. The largest absolute Gasteiger partial charge is 0.384 e. The van der Waals surface area contributed by atoms with E-state index < -0.39 is 0 Å². The SMILES string of the molecule is CN(C)CCNc1cc(F)cc(-c2nccc3[nH]c(-c4n[nH]c5ncc(-c6cncc(NC(=O)C7CC7)c6)cc45)cc23)c1. The van der Waals surface area contributed by atoms with E-state index in [1.807, 2.05) is 44.4 Å². The molecule has 1 amide bonds. The van der Waals surface area contributed by atoms with Crippen molar-refractivity contribution in [2.45, 2.75) is 12.8 Å². The number of aromatic amines is 2. The molecule has 0 bridgehead atoms. The number of H-pyrrole nitrogens is 2. The van der Waals surface area contributed by atoms with Crippen molar-refractivity contribution < 1.29 is 9.18 Å². The van der Waals surface area contributed by atoms with Crippen LogP contribution in [0, 0.1) is 11.7 Å². The summed E-state index contributed by atoms with van der Waals surface area (Å²) in [5.74, 6) is -0.191. The van der Waals surface area contributed by atoms with Gasteiger partial charge in [0.2, 0.25) is 5.91 Å². The minimum Gasteiger partial charge on any atom is -0.384 e. The molecule has 10 nitrogen and oxygen atoms in total. The molecule has 216 valence electrons. The summed E-state index contributed by atoms with van der Waals surface area (Å²) in [6, 6.07) is 12.7. The van der Waals surface area contributed by atoms with Crippen LogP contribution in [0.2, 0.25) is 0 Å². The van der Waals surface area contributed by atoms with Gasteiger partial charge < -0.3 is 20.5 Å². The Labute approximate surface area is 246 Å². The lowest BCUT2D eigenvalue weighted by atomic mass is 10.1. The molecular weight excluding hydrogens is 545 g/mol. The molecule has 1 saturated carbocycles. The highest BCUT2D eigenvalue weighted by atomic mass is 19.1. The Hall–Kier alpha value is -5.16. The third-order valence-corrected chi connectivity index (χ3v) is 7.57. The third-order valence-electron chi connectivity index (χ3n) is 7.57. The monoisotopic (exact) mass is 575 g/mol. The predicted octanol–water partition coefficient (Wildman–Crippen LogP) is 5.69. The van der Waals surface area contributed by atoms with E-state index in [0.717, 1.165) is 52.5 Å². The van der Waals surface area contributed by atoms with Gasteiger partial charge in [0.15, 0.2) is 5.65 Å². The van der Waals surface area contributed by atoms with Crippen LogP contribution < -0.4 is 10.6 Å². The summed E-state index contributed by atoms with van der Waals surface area (Å²) >= 11 is 0. The Morgan fingerprint density at radius 2 is 1.79 bits per heavy atom. The van der Waals surface area contributed by atoms with E-state index in [2.05, 4.69) is 45.7 Å². The molecule has 6 aromatic rings. The van der Waals surface area contributed by atoms with E-state index in [0.29, 0.717) is 40.5 Å². The molecule has 43 heavy (non-hydrogen) atoms. The van der Waals surface area contributed by atoms with Crippen LogP contribution in [0.15, 0.2) is 67.3 Å². The fraction of sp³-hybridized carbons (Fsp3) is 0.219. The first-order valence-electron chi connectivity index (χ1n) is 14.2. The molecule has 1 aromatic carbocycles. The lowest BCUT2D eigenvalue weighted by molar-refractivity contribution is -0.117. The van der Waals surface area contributed by atoms with Crippen molar-refractivity contribution in [3.05, 3.63) is 73.1 Å². The fourth-order valence-electron chi connectivity index (χ4n) is 5.19. The molecule has 7 rings (SSSR count). The molecule has 5 aromatic heterocycles. The van der Waals surface area contributed by atoms with Gasteiger partial charge in [0.1, 0.15) is 11.5 Å². The first-order chi connectivity index (χ1) is 20.9. The van der Waals surface area contributed by atoms with E-state index in [-0.39, 0.29) is 17.6 Å². The molecule has 4 N–H and O–H groups in total. The number of pyridine rings is 3. The van der Waals surface area contributed by atoms with Crippen LogP contribution in [0.1, 0.15) is 12.8 Å². The molecule has 0 aliphatic heterocycles. The van der Waals surface area contributed by atoms with Gasteiger partial charge in [-0.3, -0.25) is 19.9 Å². The number of aromatic nitrogens is 6. The van der Waals surface area contributed by atoms with E-state index in [9.17, 15) is 9.18 Å². The maximum atomic E-state index is 14.7. The summed E-state index contributed by atoms with van der Waals surface area (Å²) in [6.45, 7) is 1.52. The Balaban J connectivity index is 1.23. The number of carbonyl (C=O) groups is 1. The quantitative estimate of drug-likeness (QED) is 0.174. The minimum absolute atomic E-state index is 0.0346. The van der Waals surface area contributed by atoms with Crippen molar-refractivity contribution in [2.75, 3.05) is 37.8 Å². The van der Waals surface area contributed by atoms with Gasteiger partial charge in [0.05, 0.1) is 23.3 Å². The summed E-state index contributed by atoms with van der Waals surface area (Å²) < 4.78 is 14.7. The molecule has 0 spiro atoms. The molecule has 0 radical (unpaired) electrons. The van der Waals surface area contributed by atoms with Gasteiger partial charge in [-0.05, 0) is 69.4 Å². The Morgan fingerprint density at radius 1 is 0.953 bits per heavy atom. The zero-order valence-electron chi connectivity index (χ0n) is 23.8. The highest BCUT2D eigenvalue weighted by molar-refractivity contribution is 6.00. The highest BCUT2D eigenvalue weighted by Gasteiger charge is 2.29. The van der Waals surface area contributed by atoms with Gasteiger partial charge in [0.25, 0.3) is 0 Å². The van der Waals surface area contributed by atoms with Crippen LogP contribution in [0.4, 0.5) is 15.8 Å². The van der Waals surface area contributed by atoms with Gasteiger partial charge in [-0.2, -0.15) is 5.10 Å². The number of rotatable bonds is 9. The molecule has 0 unspecified atom stereocenters. The summed E-state index contributed by atoms with van der Waals surface area (Å²) in [6.07, 6.45) is 8.74. The Kier molecular flexibility index (Phi) is 6.78. The standard InChI is InChI=1S/C32H30FN9O/c1-42(2)8-7-35-23-10-19(9-22(33)13-23)29-25-14-28(39-27(25)5-6-36-29)30-26-12-21(16-37-31(26)41-40-30)20-11-24(17-34-15-20)38-32(43)18-3-4-18/h5-6,9-18,35,39H,3-4,7-8H2,1-2H3,(H,38,43)(H,37,40,41). The molecule has 5 heterocycles. The second-order valence-corrected chi connectivity index (χ2v) is 11.2. The number of likely N-dealkylation sites (N-methyl/N-ethyl adjacent to an activating group) is 1. The van der Waals surface area contributed by atoms with Crippen LogP contribution in [-0.4, -0.2) is 68.1 Å². The average Bonchev–Trinajstić information content (AvgIpc) is 3.62. The van der Waals surface area contributed by atoms with Crippen LogP contribution in [0.5, 0.6) is 0 Å². The minimum atomic E-state index is -0.332. The smallest absolute Gasteiger partial charge is 0.227 e. The van der Waals surface area contributed by atoms with Gasteiger partial charge >= 0.3 is 0 Å². The van der Waals surface area contributed by atoms with E-state index in [1.54, 1.807) is 24.8 Å². The number of hydrogen-bond donors (Lipinski definition) is 4. The zero-order chi connectivity index (χ0) is 29.5. The molecule has 1 aliphatic carbocycles. The molecule has 1 aliphatic rings. The summed E-state index contributed by atoms with van der Waals surface area (Å²) in [5.41, 5.74) is 7.36. The van der Waals surface area contributed by atoms with Crippen LogP contribution in [0.25, 0.3) is 55.7 Å². The summed E-state index contributed by atoms with van der Waals surface area (Å²) in [7, 11) is 4.00. The van der Waals surface area contributed by atoms with Gasteiger partial charge in [0, 0.05) is 76.3 Å². The molecule has 0 saturated heterocycles. The fourth-order valence-corrected chi connectivity index (χ4v) is 5.19. The lowest BCUT2D eigenvalue weighted by Crippen LogP contribution is -2.20. The molecule has 0 atom stereocenters. The van der Waals surface area contributed by atoms with Crippen molar-refractivity contribution in [3.63, 3.8) is 0 Å². The normalized spacial score (nSPS) is 13.2. The van der Waals surface area contributed by atoms with E-state index in [1.165, 1.54) is 12.1 Å². The topological polar surface area (TPSA) is 128 Å². The number of amides is 1. The van der Waals surface area contributed by atoms with Gasteiger partial charge in [-0.15, -0.1) is 0 Å². The number of nitrogens with zero attached hydrogens (tertiary/aromatic N) is 5. The number of anilines is 2. The number of benzene rings is 1. The number of nitrogens with one attached hydrogen (secondary N) is 4. The molecule has 1 fully saturated rings. The summed E-state index contributed by atoms with van der Waals surface area (Å²) in [4.78, 5) is 31.3. The molecular formula is C32H30FN9O. The van der Waals surface area contributed by atoms with Crippen LogP contribution in [-0.2, 0) is 4.79 Å². The van der Waals surface area contributed by atoms with Crippen LogP contribution in [0.3, 0.4) is 0 Å². The van der Waals surface area contributed by atoms with Gasteiger partial charge in [-0.25, -0.2) is 9.37 Å². The van der Waals surface area contributed by atoms with E-state index in [4.69, 9.17) is 0 Å². The zero-order valence-corrected chi connectivity index (χ0v) is 23.8. The first kappa shape index (κ1) is 26.7. The Morgan fingerprint density at radius 3 is 2.63 bits per heavy atom. The Bertz CT molecular complexity index is 1980. The van der Waals surface area contributed by atoms with Crippen molar-refractivity contribution in [2.24, 2.45) is 5.92 Å². The van der Waals surface area contributed by atoms with Gasteiger partial charge in [-0.1, -0.05) is 0 Å². The lowest BCUT2D eigenvalue weighted by Gasteiger charge is -2.12. The summed E-state index contributed by atoms with van der Waals surface area (Å²) in [5, 5.41) is 15.5. The van der Waals surface area contributed by atoms with Crippen molar-refractivity contribution in [1.82, 2.24) is 35.0 Å². The number of halogens is 1.